The normalized spacial score (nSPS) is 9.84. The number of aromatic carboxylic acids is 1. The first-order valence-corrected chi connectivity index (χ1v) is 7.53. The second-order valence-electron chi connectivity index (χ2n) is 4.86. The standard InChI is InChI=1S/C17H16N2O5S/c1-23-11-7-10(8-12(9-11)24-2)15(20)19-17(25)18-14-6-4-3-5-13(14)16(21)22/h3-9H,1-2H3,(H,21,22)(H2,18,19,20,25). The molecule has 0 saturated carbocycles. The monoisotopic (exact) mass is 360 g/mol. The van der Waals surface area contributed by atoms with Gasteiger partial charge in [-0.1, -0.05) is 12.1 Å². The number of carbonyl (C=O) groups is 2. The molecule has 2 rings (SSSR count). The number of ether oxygens (including phenoxy) is 2. The van der Waals surface area contributed by atoms with Gasteiger partial charge in [-0.05, 0) is 36.5 Å². The molecule has 0 heterocycles. The first kappa shape index (κ1) is 18.2. The Bertz CT molecular complexity index is 800. The van der Waals surface area contributed by atoms with Crippen LogP contribution in [0.5, 0.6) is 11.5 Å². The third-order valence-electron chi connectivity index (χ3n) is 3.25. The van der Waals surface area contributed by atoms with Crippen LogP contribution >= 0.6 is 12.2 Å². The first-order valence-electron chi connectivity index (χ1n) is 7.12. The van der Waals surface area contributed by atoms with Crippen molar-refractivity contribution in [3.05, 3.63) is 53.6 Å². The van der Waals surface area contributed by atoms with Gasteiger partial charge in [0.25, 0.3) is 5.91 Å². The number of benzene rings is 2. The number of carboxylic acids is 1. The molecule has 2 aromatic rings. The Labute approximate surface area is 149 Å². The lowest BCUT2D eigenvalue weighted by molar-refractivity contribution is 0.0698. The summed E-state index contributed by atoms with van der Waals surface area (Å²) in [5.74, 6) is -0.670. The Hall–Kier alpha value is -3.13. The fraction of sp³-hybridized carbons (Fsp3) is 0.118. The lowest BCUT2D eigenvalue weighted by Crippen LogP contribution is -2.34. The number of para-hydroxylation sites is 1. The molecule has 0 fully saturated rings. The number of carboxylic acid groups (broad SMARTS) is 1. The van der Waals surface area contributed by atoms with Crippen molar-refractivity contribution in [1.29, 1.82) is 0 Å². The lowest BCUT2D eigenvalue weighted by Gasteiger charge is -2.12. The van der Waals surface area contributed by atoms with Crippen molar-refractivity contribution >= 4 is 34.9 Å². The Kier molecular flexibility index (Phi) is 5.91. The fourth-order valence-electron chi connectivity index (χ4n) is 2.05. The van der Waals surface area contributed by atoms with E-state index in [-0.39, 0.29) is 21.9 Å². The van der Waals surface area contributed by atoms with E-state index in [1.807, 2.05) is 0 Å². The van der Waals surface area contributed by atoms with Crippen LogP contribution in [-0.2, 0) is 0 Å². The summed E-state index contributed by atoms with van der Waals surface area (Å²) in [6.07, 6.45) is 0. The highest BCUT2D eigenvalue weighted by Crippen LogP contribution is 2.22. The fourth-order valence-corrected chi connectivity index (χ4v) is 2.25. The maximum atomic E-state index is 12.3. The number of hydrogen-bond acceptors (Lipinski definition) is 5. The van der Waals surface area contributed by atoms with Gasteiger partial charge in [0.2, 0.25) is 0 Å². The molecule has 0 aliphatic rings. The smallest absolute Gasteiger partial charge is 0.337 e. The molecular weight excluding hydrogens is 344 g/mol. The van der Waals surface area contributed by atoms with E-state index in [1.54, 1.807) is 24.3 Å². The Morgan fingerprint density at radius 2 is 1.64 bits per heavy atom. The van der Waals surface area contributed by atoms with Gasteiger partial charge in [-0.2, -0.15) is 0 Å². The van der Waals surface area contributed by atoms with Gasteiger partial charge in [0.05, 0.1) is 25.5 Å². The van der Waals surface area contributed by atoms with Crippen LogP contribution in [0.2, 0.25) is 0 Å². The molecule has 0 spiro atoms. The zero-order chi connectivity index (χ0) is 18.4. The van der Waals surface area contributed by atoms with E-state index in [9.17, 15) is 9.59 Å². The molecule has 0 aliphatic carbocycles. The third-order valence-corrected chi connectivity index (χ3v) is 3.45. The summed E-state index contributed by atoms with van der Waals surface area (Å²) >= 11 is 5.08. The predicted molar refractivity (Wildman–Crippen MR) is 96.6 cm³/mol. The van der Waals surface area contributed by atoms with Crippen molar-refractivity contribution in [2.75, 3.05) is 19.5 Å². The van der Waals surface area contributed by atoms with Crippen LogP contribution in [0.4, 0.5) is 5.69 Å². The summed E-state index contributed by atoms with van der Waals surface area (Å²) < 4.78 is 10.2. The van der Waals surface area contributed by atoms with E-state index in [4.69, 9.17) is 26.8 Å². The summed E-state index contributed by atoms with van der Waals surface area (Å²) in [6, 6.07) is 10.9. The SMILES string of the molecule is COc1cc(OC)cc(C(=O)NC(=S)Nc2ccccc2C(=O)O)c1. The number of thiocarbonyl (C=S) groups is 1. The molecule has 0 aliphatic heterocycles. The lowest BCUT2D eigenvalue weighted by atomic mass is 10.2. The second kappa shape index (κ2) is 8.11. The summed E-state index contributed by atoms with van der Waals surface area (Å²) in [7, 11) is 2.96. The Morgan fingerprint density at radius 3 is 2.20 bits per heavy atom. The largest absolute Gasteiger partial charge is 0.497 e. The number of nitrogens with one attached hydrogen (secondary N) is 2. The van der Waals surface area contributed by atoms with Gasteiger partial charge < -0.3 is 19.9 Å². The summed E-state index contributed by atoms with van der Waals surface area (Å²) in [5, 5.41) is 14.3. The van der Waals surface area contributed by atoms with Crippen LogP contribution in [0.3, 0.4) is 0 Å². The average Bonchev–Trinajstić information content (AvgIpc) is 2.61. The van der Waals surface area contributed by atoms with Gasteiger partial charge in [0.1, 0.15) is 11.5 Å². The van der Waals surface area contributed by atoms with Crippen molar-refractivity contribution in [2.24, 2.45) is 0 Å². The number of rotatable bonds is 5. The molecule has 0 aromatic heterocycles. The maximum Gasteiger partial charge on any atom is 0.337 e. The molecule has 0 bridgehead atoms. The first-order chi connectivity index (χ1) is 11.9. The van der Waals surface area contributed by atoms with E-state index >= 15 is 0 Å². The van der Waals surface area contributed by atoms with Crippen molar-refractivity contribution in [1.82, 2.24) is 5.32 Å². The Morgan fingerprint density at radius 1 is 1.04 bits per heavy atom. The van der Waals surface area contributed by atoms with Crippen LogP contribution in [0, 0.1) is 0 Å². The quantitative estimate of drug-likeness (QED) is 0.705. The molecule has 130 valence electrons. The topological polar surface area (TPSA) is 96.9 Å². The summed E-state index contributed by atoms with van der Waals surface area (Å²) in [6.45, 7) is 0. The molecule has 8 heteroatoms. The van der Waals surface area contributed by atoms with Crippen molar-refractivity contribution < 1.29 is 24.2 Å². The van der Waals surface area contributed by atoms with Gasteiger partial charge >= 0.3 is 5.97 Å². The molecule has 7 nitrogen and oxygen atoms in total. The number of carbonyl (C=O) groups excluding carboxylic acids is 1. The Balaban J connectivity index is 2.13. The van der Waals surface area contributed by atoms with E-state index in [1.165, 1.54) is 32.4 Å². The van der Waals surface area contributed by atoms with Gasteiger partial charge in [-0.15, -0.1) is 0 Å². The molecule has 0 saturated heterocycles. The highest BCUT2D eigenvalue weighted by Gasteiger charge is 2.14. The summed E-state index contributed by atoms with van der Waals surface area (Å²) in [4.78, 5) is 23.5. The van der Waals surface area contributed by atoms with Crippen molar-refractivity contribution in [3.8, 4) is 11.5 Å². The van der Waals surface area contributed by atoms with Crippen LogP contribution in [0.1, 0.15) is 20.7 Å². The van der Waals surface area contributed by atoms with Gasteiger partial charge in [0.15, 0.2) is 5.11 Å². The van der Waals surface area contributed by atoms with E-state index in [2.05, 4.69) is 10.6 Å². The average molecular weight is 360 g/mol. The third kappa shape index (κ3) is 4.67. The van der Waals surface area contributed by atoms with Gasteiger partial charge in [-0.3, -0.25) is 10.1 Å². The van der Waals surface area contributed by atoms with E-state index < -0.39 is 11.9 Å². The van der Waals surface area contributed by atoms with Crippen LogP contribution < -0.4 is 20.1 Å². The summed E-state index contributed by atoms with van der Waals surface area (Å²) in [5.41, 5.74) is 0.609. The minimum Gasteiger partial charge on any atom is -0.497 e. The zero-order valence-electron chi connectivity index (χ0n) is 13.5. The zero-order valence-corrected chi connectivity index (χ0v) is 14.3. The van der Waals surface area contributed by atoms with E-state index in [0.717, 1.165) is 0 Å². The van der Waals surface area contributed by atoms with Crippen LogP contribution in [0.15, 0.2) is 42.5 Å². The minimum atomic E-state index is -1.10. The number of hydrogen-bond donors (Lipinski definition) is 3. The number of amides is 1. The van der Waals surface area contributed by atoms with Crippen molar-refractivity contribution in [2.45, 2.75) is 0 Å². The number of anilines is 1. The van der Waals surface area contributed by atoms with Crippen LogP contribution in [0.25, 0.3) is 0 Å². The molecule has 2 aromatic carbocycles. The highest BCUT2D eigenvalue weighted by molar-refractivity contribution is 7.80. The molecule has 0 unspecified atom stereocenters. The maximum absolute atomic E-state index is 12.3. The van der Waals surface area contributed by atoms with Gasteiger partial charge in [0, 0.05) is 11.6 Å². The molecule has 0 radical (unpaired) electrons. The highest BCUT2D eigenvalue weighted by atomic mass is 32.1. The predicted octanol–water partition coefficient (Wildman–Crippen LogP) is 2.53. The molecule has 0 atom stereocenters. The molecule has 3 N–H and O–H groups in total. The molecule has 25 heavy (non-hydrogen) atoms. The molecule has 1 amide bonds. The van der Waals surface area contributed by atoms with E-state index in [0.29, 0.717) is 11.5 Å². The van der Waals surface area contributed by atoms with Gasteiger partial charge in [-0.25, -0.2) is 4.79 Å². The second-order valence-corrected chi connectivity index (χ2v) is 5.27. The number of methoxy groups -OCH3 is 2. The van der Waals surface area contributed by atoms with Crippen molar-refractivity contribution in [3.63, 3.8) is 0 Å². The minimum absolute atomic E-state index is 0.0273. The van der Waals surface area contributed by atoms with Crippen LogP contribution in [-0.4, -0.2) is 36.3 Å². The molecular formula is C17H16N2O5S.